The summed E-state index contributed by atoms with van der Waals surface area (Å²) in [5.74, 6) is 0.422. The Morgan fingerprint density at radius 3 is 2.09 bits per heavy atom. The second kappa shape index (κ2) is 9.07. The van der Waals surface area contributed by atoms with Crippen molar-refractivity contribution in [3.05, 3.63) is 82.9 Å². The largest absolute Gasteiger partial charge is 0.507 e. The minimum Gasteiger partial charge on any atom is -0.507 e. The van der Waals surface area contributed by atoms with Crippen molar-refractivity contribution in [3.63, 3.8) is 0 Å². The van der Waals surface area contributed by atoms with Crippen LogP contribution in [0, 0.1) is 0 Å². The Hall–Kier alpha value is -3.27. The van der Waals surface area contributed by atoms with Crippen molar-refractivity contribution < 1.29 is 10.2 Å². The third-order valence-electron chi connectivity index (χ3n) is 5.43. The highest BCUT2D eigenvalue weighted by atomic mass is 16.3. The zero-order chi connectivity index (χ0) is 23.5. The predicted molar refractivity (Wildman–Crippen MR) is 133 cm³/mol. The molecule has 3 aromatic carbocycles. The van der Waals surface area contributed by atoms with E-state index < -0.39 is 0 Å². The molecular weight excluding hydrogens is 396 g/mol. The van der Waals surface area contributed by atoms with Gasteiger partial charge in [-0.3, -0.25) is 4.99 Å². The first kappa shape index (κ1) is 23.4. The second-order valence-corrected chi connectivity index (χ2v) is 10.2. The van der Waals surface area contributed by atoms with Crippen molar-refractivity contribution in [2.24, 2.45) is 4.99 Å². The van der Waals surface area contributed by atoms with Crippen LogP contribution in [0.1, 0.15) is 63.8 Å². The van der Waals surface area contributed by atoms with Gasteiger partial charge in [0.15, 0.2) is 0 Å². The Labute approximate surface area is 191 Å². The molecule has 0 aliphatic rings. The van der Waals surface area contributed by atoms with Gasteiger partial charge in [0.1, 0.15) is 17.2 Å². The molecule has 3 aromatic rings. The van der Waals surface area contributed by atoms with Gasteiger partial charge < -0.3 is 10.2 Å². The molecule has 0 heterocycles. The van der Waals surface area contributed by atoms with E-state index in [0.717, 1.165) is 22.4 Å². The van der Waals surface area contributed by atoms with Gasteiger partial charge in [0, 0.05) is 17.3 Å². The van der Waals surface area contributed by atoms with E-state index in [4.69, 9.17) is 5.32 Å². The number of rotatable bonds is 5. The molecule has 2 N–H and O–H groups in total. The maximum Gasteiger partial charge on any atom is 0.144 e. The highest BCUT2D eigenvalue weighted by Gasteiger charge is 2.25. The van der Waals surface area contributed by atoms with Gasteiger partial charge in [-0.25, -0.2) is 5.32 Å². The van der Waals surface area contributed by atoms with E-state index in [0.29, 0.717) is 17.8 Å². The van der Waals surface area contributed by atoms with Crippen LogP contribution < -0.4 is 5.32 Å². The Morgan fingerprint density at radius 2 is 1.44 bits per heavy atom. The second-order valence-electron chi connectivity index (χ2n) is 10.2. The lowest BCUT2D eigenvalue weighted by molar-refractivity contribution is 0.444. The SMILES string of the molecule is CC(C)(C)c1cc([N]c2ccccc2CN=Cc2ccccc2O)c(O)c(C(C)(C)C)c1. The minimum atomic E-state index is -0.211. The molecule has 32 heavy (non-hydrogen) atoms. The van der Waals surface area contributed by atoms with Crippen LogP contribution in [0.4, 0.5) is 11.4 Å². The van der Waals surface area contributed by atoms with Crippen LogP contribution in [0.5, 0.6) is 11.5 Å². The van der Waals surface area contributed by atoms with Crippen molar-refractivity contribution in [2.45, 2.75) is 58.9 Å². The highest BCUT2D eigenvalue weighted by Crippen LogP contribution is 2.41. The summed E-state index contributed by atoms with van der Waals surface area (Å²) in [6.45, 7) is 13.2. The van der Waals surface area contributed by atoms with Gasteiger partial charge in [0.2, 0.25) is 0 Å². The summed E-state index contributed by atoms with van der Waals surface area (Å²) in [6.07, 6.45) is 1.67. The van der Waals surface area contributed by atoms with Crippen molar-refractivity contribution in [2.75, 3.05) is 0 Å². The van der Waals surface area contributed by atoms with Crippen LogP contribution in [0.25, 0.3) is 0 Å². The lowest BCUT2D eigenvalue weighted by atomic mass is 9.79. The number of aliphatic imine (C=N–C) groups is 1. The molecule has 0 amide bonds. The molecule has 0 spiro atoms. The maximum atomic E-state index is 11.1. The molecule has 0 aliphatic heterocycles. The minimum absolute atomic E-state index is 0.0700. The monoisotopic (exact) mass is 429 g/mol. The average Bonchev–Trinajstić information content (AvgIpc) is 2.70. The number of benzene rings is 3. The highest BCUT2D eigenvalue weighted by molar-refractivity contribution is 5.83. The fraction of sp³-hybridized carbons (Fsp3) is 0.321. The lowest BCUT2D eigenvalue weighted by Gasteiger charge is -2.27. The molecule has 0 fully saturated rings. The van der Waals surface area contributed by atoms with E-state index in [9.17, 15) is 10.2 Å². The van der Waals surface area contributed by atoms with E-state index in [1.54, 1.807) is 18.3 Å². The van der Waals surface area contributed by atoms with Crippen molar-refractivity contribution >= 4 is 17.6 Å². The van der Waals surface area contributed by atoms with Gasteiger partial charge in [-0.1, -0.05) is 77.9 Å². The Bertz CT molecular complexity index is 1120. The van der Waals surface area contributed by atoms with Crippen molar-refractivity contribution in [1.82, 2.24) is 5.32 Å². The van der Waals surface area contributed by atoms with E-state index in [1.807, 2.05) is 42.5 Å². The van der Waals surface area contributed by atoms with Gasteiger partial charge >= 0.3 is 0 Å². The fourth-order valence-corrected chi connectivity index (χ4v) is 3.43. The van der Waals surface area contributed by atoms with Crippen LogP contribution >= 0.6 is 0 Å². The molecule has 167 valence electrons. The first-order valence-corrected chi connectivity index (χ1v) is 10.9. The molecule has 0 aromatic heterocycles. The Morgan fingerprint density at radius 1 is 0.781 bits per heavy atom. The molecule has 0 saturated carbocycles. The normalized spacial score (nSPS) is 12.3. The van der Waals surface area contributed by atoms with Crippen molar-refractivity contribution in [3.8, 4) is 11.5 Å². The average molecular weight is 430 g/mol. The van der Waals surface area contributed by atoms with Crippen LogP contribution in [0.2, 0.25) is 0 Å². The molecule has 0 saturated heterocycles. The Kier molecular flexibility index (Phi) is 6.63. The number of para-hydroxylation sites is 2. The van der Waals surface area contributed by atoms with Gasteiger partial charge in [0.05, 0.1) is 12.2 Å². The lowest BCUT2D eigenvalue weighted by Crippen LogP contribution is -2.17. The predicted octanol–water partition coefficient (Wildman–Crippen LogP) is 6.88. The first-order chi connectivity index (χ1) is 15.0. The summed E-state index contributed by atoms with van der Waals surface area (Å²) < 4.78 is 0. The Balaban J connectivity index is 1.95. The van der Waals surface area contributed by atoms with E-state index in [-0.39, 0.29) is 22.3 Å². The van der Waals surface area contributed by atoms with E-state index in [1.165, 1.54) is 0 Å². The van der Waals surface area contributed by atoms with Gasteiger partial charge in [-0.15, -0.1) is 0 Å². The smallest absolute Gasteiger partial charge is 0.144 e. The maximum absolute atomic E-state index is 11.1. The fourth-order valence-electron chi connectivity index (χ4n) is 3.43. The first-order valence-electron chi connectivity index (χ1n) is 10.9. The molecule has 0 bridgehead atoms. The van der Waals surface area contributed by atoms with Crippen molar-refractivity contribution in [1.29, 1.82) is 0 Å². The molecule has 0 aliphatic carbocycles. The topological polar surface area (TPSA) is 66.9 Å². The molecule has 4 nitrogen and oxygen atoms in total. The zero-order valence-corrected chi connectivity index (χ0v) is 19.8. The van der Waals surface area contributed by atoms with Gasteiger partial charge in [0.25, 0.3) is 0 Å². The standard InChI is InChI=1S/C28H33N2O2/c1-27(2,3)21-15-22(28(4,5)6)26(32)24(16-21)30-23-13-9-7-11-19(23)17-29-18-20-12-8-10-14-25(20)31/h7-16,18,31-32H,17H2,1-6H3. The summed E-state index contributed by atoms with van der Waals surface area (Å²) in [7, 11) is 0. The number of hydrogen-bond acceptors (Lipinski definition) is 3. The number of phenolic OH excluding ortho intramolecular Hbond substituents is 2. The number of phenols is 2. The van der Waals surface area contributed by atoms with Gasteiger partial charge in [-0.05, 0) is 46.2 Å². The summed E-state index contributed by atoms with van der Waals surface area (Å²) in [4.78, 5) is 4.50. The summed E-state index contributed by atoms with van der Waals surface area (Å²) in [5.41, 5.74) is 4.69. The quantitative estimate of drug-likeness (QED) is 0.434. The third-order valence-corrected chi connectivity index (χ3v) is 5.43. The van der Waals surface area contributed by atoms with Crippen LogP contribution in [-0.2, 0) is 17.4 Å². The number of hydrogen-bond donors (Lipinski definition) is 2. The third kappa shape index (κ3) is 5.50. The van der Waals surface area contributed by atoms with Crippen LogP contribution in [-0.4, -0.2) is 16.4 Å². The molecule has 0 atom stereocenters. The molecule has 3 rings (SSSR count). The molecule has 4 heteroatoms. The molecule has 1 radical (unpaired) electrons. The van der Waals surface area contributed by atoms with Gasteiger partial charge in [-0.2, -0.15) is 0 Å². The zero-order valence-electron chi connectivity index (χ0n) is 19.8. The summed E-state index contributed by atoms with van der Waals surface area (Å²) >= 11 is 0. The van der Waals surface area contributed by atoms with Crippen LogP contribution in [0.3, 0.4) is 0 Å². The summed E-state index contributed by atoms with van der Waals surface area (Å²) in [5, 5.41) is 25.9. The molecule has 0 unspecified atom stereocenters. The van der Waals surface area contributed by atoms with Crippen LogP contribution in [0.15, 0.2) is 65.7 Å². The van der Waals surface area contributed by atoms with E-state index >= 15 is 0 Å². The van der Waals surface area contributed by atoms with E-state index in [2.05, 4.69) is 52.6 Å². The summed E-state index contributed by atoms with van der Waals surface area (Å²) in [6, 6.07) is 19.0. The number of nitrogens with zero attached hydrogens (tertiary/aromatic N) is 2. The molecular formula is C28H33N2O2. The number of aromatic hydroxyl groups is 2.